The monoisotopic (exact) mass is 332 g/mol. The number of amides is 1. The minimum Gasteiger partial charge on any atom is -0.357 e. The first-order valence-electron chi connectivity index (χ1n) is 7.63. The van der Waals surface area contributed by atoms with E-state index in [-0.39, 0.29) is 18.3 Å². The van der Waals surface area contributed by atoms with Gasteiger partial charge in [0.25, 0.3) is 0 Å². The Bertz CT molecular complexity index is 695. The summed E-state index contributed by atoms with van der Waals surface area (Å²) in [4.78, 5) is 16.3. The number of carbonyl (C=O) groups excluding carboxylic acids is 1. The Morgan fingerprint density at radius 3 is 2.62 bits per heavy atom. The van der Waals surface area contributed by atoms with Crippen molar-refractivity contribution in [3.8, 4) is 0 Å². The van der Waals surface area contributed by atoms with E-state index >= 15 is 0 Å². The highest BCUT2D eigenvalue weighted by Gasteiger charge is 2.05. The third-order valence-corrected chi connectivity index (χ3v) is 3.21. The van der Waals surface area contributed by atoms with E-state index in [1.807, 2.05) is 20.0 Å². The molecule has 0 aliphatic rings. The summed E-state index contributed by atoms with van der Waals surface area (Å²) >= 11 is 0. The van der Waals surface area contributed by atoms with Gasteiger partial charge in [0, 0.05) is 25.5 Å². The number of hydrogen-bond acceptors (Lipinski definition) is 3. The Labute approximate surface area is 140 Å². The van der Waals surface area contributed by atoms with Crippen LogP contribution in [0.4, 0.5) is 10.1 Å². The van der Waals surface area contributed by atoms with Crippen LogP contribution in [0.25, 0.3) is 0 Å². The minimum atomic E-state index is -0.345. The third kappa shape index (κ3) is 5.38. The lowest BCUT2D eigenvalue weighted by Crippen LogP contribution is -2.41. The molecule has 0 atom stereocenters. The lowest BCUT2D eigenvalue weighted by molar-refractivity contribution is -0.115. The molecule has 1 amide bonds. The Morgan fingerprint density at radius 2 is 2.00 bits per heavy atom. The standard InChI is InChI=1S/C16H21FN6O/c1-3-18-16(19-10-14-8-9-21-23(14)2)20-11-15(24)22-13-6-4-12(17)5-7-13/h4-9H,3,10-11H2,1-2H3,(H,22,24)(H2,18,19,20). The van der Waals surface area contributed by atoms with Crippen LogP contribution in [0, 0.1) is 5.82 Å². The lowest BCUT2D eigenvalue weighted by atomic mass is 10.3. The number of benzene rings is 1. The van der Waals surface area contributed by atoms with Crippen molar-refractivity contribution in [2.75, 3.05) is 18.4 Å². The Kier molecular flexibility index (Phi) is 6.30. The molecule has 1 aromatic heterocycles. The van der Waals surface area contributed by atoms with Gasteiger partial charge in [0.05, 0.1) is 18.8 Å². The van der Waals surface area contributed by atoms with Crippen molar-refractivity contribution in [2.24, 2.45) is 12.0 Å². The number of halogens is 1. The van der Waals surface area contributed by atoms with Gasteiger partial charge in [-0.2, -0.15) is 5.10 Å². The number of hydrogen-bond donors (Lipinski definition) is 3. The minimum absolute atomic E-state index is 0.0502. The van der Waals surface area contributed by atoms with Crippen LogP contribution in [0.2, 0.25) is 0 Å². The number of aromatic nitrogens is 2. The molecule has 8 heteroatoms. The van der Waals surface area contributed by atoms with Gasteiger partial charge in [-0.3, -0.25) is 9.48 Å². The van der Waals surface area contributed by atoms with Crippen LogP contribution in [-0.4, -0.2) is 34.7 Å². The average Bonchev–Trinajstić information content (AvgIpc) is 2.97. The van der Waals surface area contributed by atoms with E-state index in [0.29, 0.717) is 24.7 Å². The van der Waals surface area contributed by atoms with Crippen LogP contribution in [-0.2, 0) is 18.4 Å². The van der Waals surface area contributed by atoms with E-state index in [4.69, 9.17) is 0 Å². The molecular weight excluding hydrogens is 311 g/mol. The summed E-state index contributed by atoms with van der Waals surface area (Å²) < 4.78 is 14.6. The second-order valence-corrected chi connectivity index (χ2v) is 5.05. The molecule has 1 heterocycles. The number of aryl methyl sites for hydroxylation is 1. The van der Waals surface area contributed by atoms with Crippen molar-refractivity contribution in [3.63, 3.8) is 0 Å². The summed E-state index contributed by atoms with van der Waals surface area (Å²) in [5.74, 6) is -0.0523. The quantitative estimate of drug-likeness (QED) is 0.549. The Morgan fingerprint density at radius 1 is 1.25 bits per heavy atom. The molecule has 0 spiro atoms. The number of nitrogens with one attached hydrogen (secondary N) is 3. The first-order chi connectivity index (χ1) is 11.6. The van der Waals surface area contributed by atoms with Crippen LogP contribution in [0.15, 0.2) is 41.5 Å². The van der Waals surface area contributed by atoms with Crippen molar-refractivity contribution in [1.29, 1.82) is 0 Å². The van der Waals surface area contributed by atoms with Gasteiger partial charge in [-0.05, 0) is 37.3 Å². The summed E-state index contributed by atoms with van der Waals surface area (Å²) in [7, 11) is 1.85. The number of anilines is 1. The number of nitrogens with zero attached hydrogens (tertiary/aromatic N) is 3. The van der Waals surface area contributed by atoms with E-state index in [1.165, 1.54) is 24.3 Å². The van der Waals surface area contributed by atoms with Gasteiger partial charge in [0.15, 0.2) is 5.96 Å². The molecule has 2 rings (SSSR count). The van der Waals surface area contributed by atoms with Gasteiger partial charge in [0.1, 0.15) is 5.82 Å². The van der Waals surface area contributed by atoms with E-state index in [2.05, 4.69) is 26.0 Å². The molecule has 128 valence electrons. The highest BCUT2D eigenvalue weighted by Crippen LogP contribution is 2.07. The molecule has 24 heavy (non-hydrogen) atoms. The molecule has 0 aliphatic carbocycles. The molecule has 7 nitrogen and oxygen atoms in total. The first-order valence-corrected chi connectivity index (χ1v) is 7.63. The highest BCUT2D eigenvalue weighted by molar-refractivity contribution is 5.94. The van der Waals surface area contributed by atoms with Crippen LogP contribution in [0.3, 0.4) is 0 Å². The zero-order valence-corrected chi connectivity index (χ0v) is 13.7. The normalized spacial score (nSPS) is 11.2. The van der Waals surface area contributed by atoms with Crippen LogP contribution in [0.1, 0.15) is 12.6 Å². The van der Waals surface area contributed by atoms with E-state index in [9.17, 15) is 9.18 Å². The lowest BCUT2D eigenvalue weighted by Gasteiger charge is -2.11. The van der Waals surface area contributed by atoms with Gasteiger partial charge in [-0.1, -0.05) is 0 Å². The smallest absolute Gasteiger partial charge is 0.243 e. The largest absolute Gasteiger partial charge is 0.357 e. The fourth-order valence-electron chi connectivity index (χ4n) is 1.96. The molecule has 0 bridgehead atoms. The van der Waals surface area contributed by atoms with Crippen LogP contribution >= 0.6 is 0 Å². The van der Waals surface area contributed by atoms with Gasteiger partial charge in [0.2, 0.25) is 5.91 Å². The highest BCUT2D eigenvalue weighted by atomic mass is 19.1. The van der Waals surface area contributed by atoms with E-state index < -0.39 is 0 Å². The van der Waals surface area contributed by atoms with Crippen molar-refractivity contribution in [2.45, 2.75) is 13.5 Å². The van der Waals surface area contributed by atoms with Crippen LogP contribution in [0.5, 0.6) is 0 Å². The third-order valence-electron chi connectivity index (χ3n) is 3.21. The van der Waals surface area contributed by atoms with Crippen molar-refractivity contribution in [3.05, 3.63) is 48.0 Å². The van der Waals surface area contributed by atoms with Gasteiger partial charge < -0.3 is 16.0 Å². The number of guanidine groups is 1. The van der Waals surface area contributed by atoms with Gasteiger partial charge in [-0.25, -0.2) is 9.38 Å². The molecule has 0 aliphatic heterocycles. The fourth-order valence-corrected chi connectivity index (χ4v) is 1.96. The van der Waals surface area contributed by atoms with E-state index in [1.54, 1.807) is 10.9 Å². The Balaban J connectivity index is 1.87. The van der Waals surface area contributed by atoms with E-state index in [0.717, 1.165) is 5.69 Å². The molecule has 1 aromatic carbocycles. The molecule has 0 radical (unpaired) electrons. The number of rotatable bonds is 6. The van der Waals surface area contributed by atoms with Crippen molar-refractivity contribution < 1.29 is 9.18 Å². The first kappa shape index (κ1) is 17.5. The zero-order valence-electron chi connectivity index (χ0n) is 13.7. The second-order valence-electron chi connectivity index (χ2n) is 5.05. The Hall–Kier alpha value is -2.90. The maximum absolute atomic E-state index is 12.8. The van der Waals surface area contributed by atoms with Crippen LogP contribution < -0.4 is 16.0 Å². The summed E-state index contributed by atoms with van der Waals surface area (Å²) in [6, 6.07) is 7.49. The zero-order chi connectivity index (χ0) is 17.4. The second kappa shape index (κ2) is 8.66. The average molecular weight is 332 g/mol. The molecular formula is C16H21FN6O. The molecule has 0 unspecified atom stereocenters. The summed E-state index contributed by atoms with van der Waals surface area (Å²) in [6.07, 6.45) is 1.71. The molecule has 3 N–H and O–H groups in total. The number of aliphatic imine (C=N–C) groups is 1. The summed E-state index contributed by atoms with van der Waals surface area (Å²) in [6.45, 7) is 3.12. The number of carbonyl (C=O) groups is 1. The molecule has 0 fully saturated rings. The van der Waals surface area contributed by atoms with Crippen molar-refractivity contribution in [1.82, 2.24) is 20.4 Å². The van der Waals surface area contributed by atoms with Crippen molar-refractivity contribution >= 4 is 17.6 Å². The predicted octanol–water partition coefficient (Wildman–Crippen LogP) is 1.25. The molecule has 0 saturated carbocycles. The van der Waals surface area contributed by atoms with Gasteiger partial charge >= 0.3 is 0 Å². The SMILES string of the molecule is CCNC(=NCc1ccnn1C)NCC(=O)Nc1ccc(F)cc1. The fraction of sp³-hybridized carbons (Fsp3) is 0.312. The maximum atomic E-state index is 12.8. The maximum Gasteiger partial charge on any atom is 0.243 e. The predicted molar refractivity (Wildman–Crippen MR) is 91.1 cm³/mol. The summed E-state index contributed by atoms with van der Waals surface area (Å²) in [5.41, 5.74) is 1.50. The topological polar surface area (TPSA) is 83.3 Å². The van der Waals surface area contributed by atoms with Gasteiger partial charge in [-0.15, -0.1) is 0 Å². The molecule has 0 saturated heterocycles. The molecule has 2 aromatic rings. The summed E-state index contributed by atoms with van der Waals surface area (Å²) in [5, 5.41) is 12.8.